The minimum absolute atomic E-state index is 0.0806. The number of nitrogens with one attached hydrogen (secondary N) is 2. The van der Waals surface area contributed by atoms with Gasteiger partial charge in [-0.15, -0.1) is 0 Å². The molecule has 2 aromatic rings. The molecular formula is C21H23ClFN3O4. The molecule has 7 nitrogen and oxygen atoms in total. The number of hydrogen-bond acceptors (Lipinski definition) is 4. The van der Waals surface area contributed by atoms with Gasteiger partial charge in [0.25, 0.3) is 0 Å². The Balaban J connectivity index is 2.17. The Kier molecular flexibility index (Phi) is 8.17. The molecule has 2 atom stereocenters. The van der Waals surface area contributed by atoms with Gasteiger partial charge in [0.15, 0.2) is 0 Å². The van der Waals surface area contributed by atoms with Gasteiger partial charge >= 0.3 is 0 Å². The van der Waals surface area contributed by atoms with E-state index < -0.39 is 35.6 Å². The summed E-state index contributed by atoms with van der Waals surface area (Å²) in [6, 6.07) is 8.72. The van der Waals surface area contributed by atoms with Crippen LogP contribution in [0.25, 0.3) is 0 Å². The highest BCUT2D eigenvalue weighted by Crippen LogP contribution is 2.25. The lowest BCUT2D eigenvalue weighted by Gasteiger charge is -2.22. The molecule has 0 aliphatic carbocycles. The summed E-state index contributed by atoms with van der Waals surface area (Å²) in [5.74, 6) is -1.92. The second kappa shape index (κ2) is 10.6. The smallest absolute Gasteiger partial charge is 0.243 e. The van der Waals surface area contributed by atoms with Crippen molar-refractivity contribution in [2.45, 2.75) is 31.8 Å². The van der Waals surface area contributed by atoms with Gasteiger partial charge in [-0.3, -0.25) is 14.4 Å². The fourth-order valence-electron chi connectivity index (χ4n) is 2.91. The summed E-state index contributed by atoms with van der Waals surface area (Å²) >= 11 is 6.10. The van der Waals surface area contributed by atoms with E-state index in [0.717, 1.165) is 0 Å². The average molecular weight is 436 g/mol. The van der Waals surface area contributed by atoms with Crippen LogP contribution in [0.2, 0.25) is 5.02 Å². The summed E-state index contributed by atoms with van der Waals surface area (Å²) < 4.78 is 19.1. The maximum atomic E-state index is 14.0. The van der Waals surface area contributed by atoms with Crippen LogP contribution in [0.3, 0.4) is 0 Å². The quantitative estimate of drug-likeness (QED) is 0.557. The van der Waals surface area contributed by atoms with E-state index in [-0.39, 0.29) is 18.4 Å². The zero-order valence-electron chi connectivity index (χ0n) is 16.6. The number of methoxy groups -OCH3 is 1. The Labute approximate surface area is 178 Å². The van der Waals surface area contributed by atoms with Crippen LogP contribution < -0.4 is 21.1 Å². The predicted molar refractivity (Wildman–Crippen MR) is 111 cm³/mol. The van der Waals surface area contributed by atoms with Crippen LogP contribution in [0.15, 0.2) is 42.5 Å². The van der Waals surface area contributed by atoms with Crippen LogP contribution in [0.5, 0.6) is 5.75 Å². The number of nitrogens with two attached hydrogens (primary N) is 1. The molecule has 0 aliphatic rings. The first-order valence-electron chi connectivity index (χ1n) is 9.14. The first-order valence-corrected chi connectivity index (χ1v) is 9.51. The van der Waals surface area contributed by atoms with Crippen molar-refractivity contribution in [3.8, 4) is 5.75 Å². The molecular weight excluding hydrogens is 413 g/mol. The van der Waals surface area contributed by atoms with Gasteiger partial charge in [-0.05, 0) is 29.3 Å². The molecule has 0 heterocycles. The summed E-state index contributed by atoms with van der Waals surface area (Å²) in [5, 5.41) is 5.36. The molecule has 3 amide bonds. The molecule has 0 saturated heterocycles. The highest BCUT2D eigenvalue weighted by Gasteiger charge is 2.26. The van der Waals surface area contributed by atoms with Crippen LogP contribution in [-0.4, -0.2) is 36.9 Å². The topological polar surface area (TPSA) is 111 Å². The lowest BCUT2D eigenvalue weighted by Crippen LogP contribution is -2.54. The summed E-state index contributed by atoms with van der Waals surface area (Å²) in [6.45, 7) is 1.24. The van der Waals surface area contributed by atoms with Crippen LogP contribution in [0, 0.1) is 5.82 Å². The standard InChI is InChI=1S/C21H23ClFN3O4/c1-12(27)25-18(11-14-5-3-4-6-16(14)23)21(29)26-17(20(24)28)10-13-7-8-19(30-2)15(22)9-13/h3-9,17-18H,10-11H2,1-2H3,(H2,24,28)(H,25,27)(H,26,29)/t17-,18+/m0/s1. The molecule has 0 saturated carbocycles. The van der Waals surface area contributed by atoms with Gasteiger partial charge in [0, 0.05) is 19.8 Å². The van der Waals surface area contributed by atoms with Crippen molar-refractivity contribution in [3.63, 3.8) is 0 Å². The lowest BCUT2D eigenvalue weighted by molar-refractivity contribution is -0.130. The molecule has 2 rings (SSSR count). The number of amides is 3. The molecule has 4 N–H and O–H groups in total. The zero-order chi connectivity index (χ0) is 22.3. The number of carbonyl (C=O) groups is 3. The van der Waals surface area contributed by atoms with Gasteiger partial charge in [0.2, 0.25) is 17.7 Å². The average Bonchev–Trinajstić information content (AvgIpc) is 2.68. The first kappa shape index (κ1) is 23.2. The SMILES string of the molecule is COc1ccc(C[C@H](NC(=O)[C@@H](Cc2ccccc2F)NC(C)=O)C(N)=O)cc1Cl. The van der Waals surface area contributed by atoms with Gasteiger partial charge in [-0.2, -0.15) is 0 Å². The Morgan fingerprint density at radius 3 is 2.37 bits per heavy atom. The first-order chi connectivity index (χ1) is 14.2. The van der Waals surface area contributed by atoms with Crippen LogP contribution in [0.1, 0.15) is 18.1 Å². The van der Waals surface area contributed by atoms with Crippen molar-refractivity contribution in [1.29, 1.82) is 0 Å². The Morgan fingerprint density at radius 1 is 1.10 bits per heavy atom. The Hall–Kier alpha value is -3.13. The number of carbonyl (C=O) groups excluding carboxylic acids is 3. The third-order valence-corrected chi connectivity index (χ3v) is 4.69. The third-order valence-electron chi connectivity index (χ3n) is 4.39. The number of hydrogen-bond donors (Lipinski definition) is 3. The summed E-state index contributed by atoms with van der Waals surface area (Å²) in [7, 11) is 1.48. The fraction of sp³-hybridized carbons (Fsp3) is 0.286. The van der Waals surface area contributed by atoms with E-state index in [0.29, 0.717) is 16.3 Å². The normalized spacial score (nSPS) is 12.5. The van der Waals surface area contributed by atoms with Crippen molar-refractivity contribution in [3.05, 3.63) is 64.4 Å². The Morgan fingerprint density at radius 2 is 1.80 bits per heavy atom. The van der Waals surface area contributed by atoms with E-state index in [1.54, 1.807) is 24.3 Å². The van der Waals surface area contributed by atoms with Crippen LogP contribution >= 0.6 is 11.6 Å². The zero-order valence-corrected chi connectivity index (χ0v) is 17.3. The molecule has 30 heavy (non-hydrogen) atoms. The number of halogens is 2. The number of primary amides is 1. The van der Waals surface area contributed by atoms with Gasteiger partial charge in [-0.25, -0.2) is 4.39 Å². The molecule has 0 unspecified atom stereocenters. The van der Waals surface area contributed by atoms with Gasteiger partial charge < -0.3 is 21.1 Å². The molecule has 0 spiro atoms. The number of ether oxygens (including phenoxy) is 1. The monoisotopic (exact) mass is 435 g/mol. The van der Waals surface area contributed by atoms with E-state index in [2.05, 4.69) is 10.6 Å². The van der Waals surface area contributed by atoms with E-state index in [1.807, 2.05) is 0 Å². The number of rotatable bonds is 9. The van der Waals surface area contributed by atoms with E-state index >= 15 is 0 Å². The summed E-state index contributed by atoms with van der Waals surface area (Å²) in [4.78, 5) is 36.2. The molecule has 0 radical (unpaired) electrons. The molecule has 0 aromatic heterocycles. The second-order valence-electron chi connectivity index (χ2n) is 6.69. The van der Waals surface area contributed by atoms with Gasteiger partial charge in [-0.1, -0.05) is 35.9 Å². The number of benzene rings is 2. The molecule has 0 fully saturated rings. The molecule has 2 aromatic carbocycles. The highest BCUT2D eigenvalue weighted by molar-refractivity contribution is 6.32. The minimum atomic E-state index is -1.08. The molecule has 0 bridgehead atoms. The van der Waals surface area contributed by atoms with Gasteiger partial charge in [0.1, 0.15) is 23.7 Å². The second-order valence-corrected chi connectivity index (χ2v) is 7.09. The van der Waals surface area contributed by atoms with E-state index in [9.17, 15) is 18.8 Å². The predicted octanol–water partition coefficient (Wildman–Crippen LogP) is 1.75. The molecule has 9 heteroatoms. The maximum absolute atomic E-state index is 14.0. The van der Waals surface area contributed by atoms with Crippen molar-refractivity contribution >= 4 is 29.3 Å². The minimum Gasteiger partial charge on any atom is -0.495 e. The van der Waals surface area contributed by atoms with Crippen molar-refractivity contribution in [1.82, 2.24) is 10.6 Å². The van der Waals surface area contributed by atoms with Crippen molar-refractivity contribution < 1.29 is 23.5 Å². The highest BCUT2D eigenvalue weighted by atomic mass is 35.5. The summed E-state index contributed by atoms with van der Waals surface area (Å²) in [5.41, 5.74) is 6.35. The maximum Gasteiger partial charge on any atom is 0.243 e. The lowest BCUT2D eigenvalue weighted by atomic mass is 10.0. The third kappa shape index (κ3) is 6.45. The van der Waals surface area contributed by atoms with Gasteiger partial charge in [0.05, 0.1) is 12.1 Å². The Bertz CT molecular complexity index is 938. The summed E-state index contributed by atoms with van der Waals surface area (Å²) in [6.07, 6.45) is -0.00475. The van der Waals surface area contributed by atoms with E-state index in [4.69, 9.17) is 22.1 Å². The van der Waals surface area contributed by atoms with Crippen molar-refractivity contribution in [2.75, 3.05) is 7.11 Å². The van der Waals surface area contributed by atoms with Crippen LogP contribution in [0.4, 0.5) is 4.39 Å². The van der Waals surface area contributed by atoms with Crippen molar-refractivity contribution in [2.24, 2.45) is 5.73 Å². The van der Waals surface area contributed by atoms with Crippen LogP contribution in [-0.2, 0) is 27.2 Å². The van der Waals surface area contributed by atoms with E-state index in [1.165, 1.54) is 32.2 Å². The largest absolute Gasteiger partial charge is 0.495 e. The fourth-order valence-corrected chi connectivity index (χ4v) is 3.19. The molecule has 160 valence electrons. The molecule has 0 aliphatic heterocycles.